The van der Waals surface area contributed by atoms with Crippen molar-refractivity contribution < 1.29 is 0 Å². The number of benzene rings is 2. The first kappa shape index (κ1) is 15.5. The van der Waals surface area contributed by atoms with E-state index in [9.17, 15) is 0 Å². The first-order valence-electron chi connectivity index (χ1n) is 8.12. The molecule has 0 radical (unpaired) electrons. The second kappa shape index (κ2) is 7.25. The quantitative estimate of drug-likeness (QED) is 0.847. The van der Waals surface area contributed by atoms with Gasteiger partial charge < -0.3 is 11.1 Å². The van der Waals surface area contributed by atoms with E-state index in [1.54, 1.807) is 0 Å². The lowest BCUT2D eigenvalue weighted by Crippen LogP contribution is -2.20. The Kier molecular flexibility index (Phi) is 4.89. The fourth-order valence-electron chi connectivity index (χ4n) is 2.96. The van der Waals surface area contributed by atoms with Gasteiger partial charge in [0.25, 0.3) is 0 Å². The zero-order chi connectivity index (χ0) is 16.1. The van der Waals surface area contributed by atoms with Gasteiger partial charge in [-0.25, -0.2) is 4.99 Å². The molecule has 1 unspecified atom stereocenters. The van der Waals surface area contributed by atoms with Gasteiger partial charge in [-0.1, -0.05) is 48.5 Å². The summed E-state index contributed by atoms with van der Waals surface area (Å²) in [5.74, 6) is 0.402. The van der Waals surface area contributed by atoms with Gasteiger partial charge in [0, 0.05) is 23.7 Å². The fraction of sp³-hybridized carbons (Fsp3) is 0.250. The zero-order valence-electron chi connectivity index (χ0n) is 13.5. The minimum Gasteiger partial charge on any atom is -0.401 e. The van der Waals surface area contributed by atoms with Crippen molar-refractivity contribution in [2.75, 3.05) is 13.1 Å². The summed E-state index contributed by atoms with van der Waals surface area (Å²) < 4.78 is 0. The molecule has 1 aliphatic rings. The zero-order valence-corrected chi connectivity index (χ0v) is 13.5. The van der Waals surface area contributed by atoms with Gasteiger partial charge in [-0.2, -0.15) is 0 Å². The minimum atomic E-state index is 0.402. The summed E-state index contributed by atoms with van der Waals surface area (Å²) in [7, 11) is 0. The number of aliphatic imine (C=N–C) groups is 1. The van der Waals surface area contributed by atoms with Gasteiger partial charge in [0.1, 0.15) is 0 Å². The Balaban J connectivity index is 2.05. The van der Waals surface area contributed by atoms with Gasteiger partial charge in [-0.3, -0.25) is 0 Å². The van der Waals surface area contributed by atoms with Crippen LogP contribution in [0.3, 0.4) is 0 Å². The molecule has 2 aromatic rings. The molecule has 3 rings (SSSR count). The second-order valence-electron chi connectivity index (χ2n) is 5.93. The van der Waals surface area contributed by atoms with E-state index in [4.69, 9.17) is 10.7 Å². The molecular formula is C20H23N3. The van der Waals surface area contributed by atoms with Crippen LogP contribution in [0.15, 0.2) is 76.9 Å². The molecule has 3 N–H and O–H groups in total. The Labute approximate surface area is 137 Å². The van der Waals surface area contributed by atoms with E-state index in [1.165, 1.54) is 0 Å². The first-order valence-corrected chi connectivity index (χ1v) is 8.12. The highest BCUT2D eigenvalue weighted by Crippen LogP contribution is 2.23. The van der Waals surface area contributed by atoms with E-state index < -0.39 is 0 Å². The van der Waals surface area contributed by atoms with Crippen LogP contribution in [0.1, 0.15) is 18.9 Å². The molecule has 1 heterocycles. The van der Waals surface area contributed by atoms with Gasteiger partial charge in [0.15, 0.2) is 0 Å². The Morgan fingerprint density at radius 2 is 1.70 bits per heavy atom. The first-order chi connectivity index (χ1) is 11.3. The van der Waals surface area contributed by atoms with Crippen LogP contribution in [0.5, 0.6) is 0 Å². The monoisotopic (exact) mass is 305 g/mol. The highest BCUT2D eigenvalue weighted by molar-refractivity contribution is 6.13. The average molecular weight is 305 g/mol. The van der Waals surface area contributed by atoms with Crippen LogP contribution in [0, 0.1) is 5.92 Å². The number of para-hydroxylation sites is 1. The van der Waals surface area contributed by atoms with Crippen molar-refractivity contribution in [2.45, 2.75) is 13.3 Å². The van der Waals surface area contributed by atoms with Crippen molar-refractivity contribution in [1.82, 2.24) is 5.32 Å². The molecule has 1 aliphatic heterocycles. The Hall–Kier alpha value is -2.39. The summed E-state index contributed by atoms with van der Waals surface area (Å²) >= 11 is 0. The third-order valence-electron chi connectivity index (χ3n) is 4.33. The maximum Gasteiger partial charge on any atom is 0.0755 e. The van der Waals surface area contributed by atoms with E-state index in [0.717, 1.165) is 47.7 Å². The van der Waals surface area contributed by atoms with Gasteiger partial charge in [0.2, 0.25) is 0 Å². The van der Waals surface area contributed by atoms with Crippen LogP contribution >= 0.6 is 0 Å². The fourth-order valence-corrected chi connectivity index (χ4v) is 2.96. The lowest BCUT2D eigenvalue weighted by atomic mass is 9.95. The van der Waals surface area contributed by atoms with Crippen LogP contribution in [0.2, 0.25) is 0 Å². The standard InChI is InChI=1S/C20H23N3/c1-15(19(21)17-12-13-22-14-17)20(16-8-4-2-5-9-16)23-18-10-6-3-7-11-18/h2-11,17,22H,12-14,21H2,1H3/b19-15-,23-20?. The molecule has 0 aliphatic carbocycles. The van der Waals surface area contributed by atoms with Crippen molar-refractivity contribution in [3.05, 3.63) is 77.5 Å². The van der Waals surface area contributed by atoms with E-state index in [1.807, 2.05) is 48.5 Å². The van der Waals surface area contributed by atoms with Gasteiger partial charge in [-0.05, 0) is 37.6 Å². The van der Waals surface area contributed by atoms with Crippen molar-refractivity contribution in [1.29, 1.82) is 0 Å². The normalized spacial score (nSPS) is 19.5. The molecule has 23 heavy (non-hydrogen) atoms. The van der Waals surface area contributed by atoms with Crippen LogP contribution in [0.25, 0.3) is 0 Å². The summed E-state index contributed by atoms with van der Waals surface area (Å²) in [4.78, 5) is 4.88. The third kappa shape index (κ3) is 3.69. The smallest absolute Gasteiger partial charge is 0.0755 e. The van der Waals surface area contributed by atoms with Crippen molar-refractivity contribution in [3.8, 4) is 0 Å². The number of nitrogens with one attached hydrogen (secondary N) is 1. The lowest BCUT2D eigenvalue weighted by molar-refractivity contribution is 0.668. The molecular weight excluding hydrogens is 282 g/mol. The molecule has 0 aromatic heterocycles. The maximum atomic E-state index is 6.47. The summed E-state index contributed by atoms with van der Waals surface area (Å²) in [5, 5.41) is 3.38. The number of nitrogens with two attached hydrogens (primary N) is 1. The van der Waals surface area contributed by atoms with Crippen molar-refractivity contribution >= 4 is 11.4 Å². The summed E-state index contributed by atoms with van der Waals surface area (Å²) in [6.45, 7) is 4.08. The molecule has 1 atom stereocenters. The van der Waals surface area contributed by atoms with Crippen LogP contribution in [0.4, 0.5) is 5.69 Å². The highest BCUT2D eigenvalue weighted by Gasteiger charge is 2.20. The largest absolute Gasteiger partial charge is 0.401 e. The number of hydrogen-bond acceptors (Lipinski definition) is 3. The second-order valence-corrected chi connectivity index (χ2v) is 5.93. The topological polar surface area (TPSA) is 50.4 Å². The highest BCUT2D eigenvalue weighted by atomic mass is 14.9. The van der Waals surface area contributed by atoms with E-state index in [0.29, 0.717) is 5.92 Å². The van der Waals surface area contributed by atoms with Crippen molar-refractivity contribution in [2.24, 2.45) is 16.6 Å². The molecule has 1 saturated heterocycles. The third-order valence-corrected chi connectivity index (χ3v) is 4.33. The molecule has 0 bridgehead atoms. The molecule has 3 heteroatoms. The number of nitrogens with zero attached hydrogens (tertiary/aromatic N) is 1. The molecule has 0 amide bonds. The van der Waals surface area contributed by atoms with Gasteiger partial charge in [0.05, 0.1) is 11.4 Å². The van der Waals surface area contributed by atoms with Gasteiger partial charge >= 0.3 is 0 Å². The molecule has 3 nitrogen and oxygen atoms in total. The van der Waals surface area contributed by atoms with Crippen molar-refractivity contribution in [3.63, 3.8) is 0 Å². The Morgan fingerprint density at radius 1 is 1.04 bits per heavy atom. The predicted molar refractivity (Wildman–Crippen MR) is 96.9 cm³/mol. The molecule has 2 aromatic carbocycles. The van der Waals surface area contributed by atoms with Crippen LogP contribution in [-0.4, -0.2) is 18.8 Å². The maximum absolute atomic E-state index is 6.47. The van der Waals surface area contributed by atoms with E-state index >= 15 is 0 Å². The van der Waals surface area contributed by atoms with Crippen LogP contribution < -0.4 is 11.1 Å². The van der Waals surface area contributed by atoms with Crippen LogP contribution in [-0.2, 0) is 0 Å². The summed E-state index contributed by atoms with van der Waals surface area (Å²) in [6.07, 6.45) is 1.09. The number of hydrogen-bond donors (Lipinski definition) is 2. The predicted octanol–water partition coefficient (Wildman–Crippen LogP) is 3.65. The summed E-state index contributed by atoms with van der Waals surface area (Å²) in [5.41, 5.74) is 11.5. The lowest BCUT2D eigenvalue weighted by Gasteiger charge is -2.16. The van der Waals surface area contributed by atoms with E-state index in [-0.39, 0.29) is 0 Å². The SMILES string of the molecule is C/C(C(=Nc1ccccc1)c1ccccc1)=C(/N)C1CCNC1. The number of allylic oxidation sites excluding steroid dienone is 1. The number of rotatable bonds is 4. The van der Waals surface area contributed by atoms with E-state index in [2.05, 4.69) is 24.4 Å². The average Bonchev–Trinajstić information content (AvgIpc) is 3.15. The molecule has 0 saturated carbocycles. The Bertz CT molecular complexity index is 696. The molecule has 118 valence electrons. The Morgan fingerprint density at radius 3 is 2.30 bits per heavy atom. The molecule has 1 fully saturated rings. The minimum absolute atomic E-state index is 0.402. The molecule has 0 spiro atoms. The summed E-state index contributed by atoms with van der Waals surface area (Å²) in [6, 6.07) is 20.3. The van der Waals surface area contributed by atoms with Gasteiger partial charge in [-0.15, -0.1) is 0 Å².